The predicted molar refractivity (Wildman–Crippen MR) is 98.7 cm³/mol. The first-order chi connectivity index (χ1) is 12.4. The smallest absolute Gasteiger partial charge is 0.191 e. The number of benzene rings is 1. The van der Waals surface area contributed by atoms with Gasteiger partial charge in [-0.25, -0.2) is 9.38 Å². The molecule has 1 aromatic carbocycles. The van der Waals surface area contributed by atoms with Crippen molar-refractivity contribution in [2.75, 3.05) is 26.2 Å². The maximum Gasteiger partial charge on any atom is 0.191 e. The number of ether oxygens (including phenoxy) is 1. The Hall–Kier alpha value is -2.61. The summed E-state index contributed by atoms with van der Waals surface area (Å²) in [5.74, 6) is 0.718. The van der Waals surface area contributed by atoms with Gasteiger partial charge in [0.05, 0.1) is 19.3 Å². The summed E-state index contributed by atoms with van der Waals surface area (Å²) < 4.78 is 20.2. The van der Waals surface area contributed by atoms with Crippen LogP contribution in [0.25, 0.3) is 0 Å². The third-order valence-corrected chi connectivity index (χ3v) is 3.68. The van der Waals surface area contributed by atoms with E-state index in [2.05, 4.69) is 20.7 Å². The number of aliphatic imine (C=N–C) groups is 1. The minimum absolute atomic E-state index is 0.179. The highest BCUT2D eigenvalue weighted by Gasteiger charge is 2.24. The molecule has 26 heavy (non-hydrogen) atoms. The Bertz CT molecular complexity index is 730. The van der Waals surface area contributed by atoms with Crippen molar-refractivity contribution in [1.29, 1.82) is 0 Å². The van der Waals surface area contributed by atoms with Gasteiger partial charge in [0.25, 0.3) is 0 Å². The molecule has 2 aromatic rings. The summed E-state index contributed by atoms with van der Waals surface area (Å²) in [6.07, 6.45) is 3.39. The highest BCUT2D eigenvalue weighted by molar-refractivity contribution is 5.79. The molecule has 0 spiro atoms. The van der Waals surface area contributed by atoms with Crippen molar-refractivity contribution in [3.8, 4) is 5.75 Å². The zero-order valence-corrected chi connectivity index (χ0v) is 15.4. The number of hydrogen-bond acceptors (Lipinski definition) is 4. The molecule has 0 aliphatic rings. The number of rotatable bonds is 8. The van der Waals surface area contributed by atoms with Crippen molar-refractivity contribution in [1.82, 2.24) is 20.4 Å². The van der Waals surface area contributed by atoms with Gasteiger partial charge in [0.2, 0.25) is 0 Å². The third-order valence-electron chi connectivity index (χ3n) is 3.68. The number of nitrogens with zero attached hydrogens (tertiary/aromatic N) is 3. The number of aliphatic hydroxyl groups is 1. The molecule has 0 aliphatic carbocycles. The number of hydrogen-bond donors (Lipinski definition) is 3. The number of nitrogens with one attached hydrogen (secondary N) is 2. The molecule has 3 N–H and O–H groups in total. The molecule has 8 heteroatoms. The molecule has 0 bridgehead atoms. The van der Waals surface area contributed by atoms with Crippen LogP contribution < -0.4 is 15.4 Å². The first-order valence-electron chi connectivity index (χ1n) is 8.53. The van der Waals surface area contributed by atoms with Crippen LogP contribution in [0.5, 0.6) is 5.75 Å². The van der Waals surface area contributed by atoms with Crippen molar-refractivity contribution < 1.29 is 14.2 Å². The van der Waals surface area contributed by atoms with Crippen LogP contribution in [0.1, 0.15) is 19.4 Å². The van der Waals surface area contributed by atoms with Gasteiger partial charge in [0.1, 0.15) is 23.8 Å². The van der Waals surface area contributed by atoms with Gasteiger partial charge in [-0.2, -0.15) is 5.10 Å². The topological polar surface area (TPSA) is 83.7 Å². The summed E-state index contributed by atoms with van der Waals surface area (Å²) in [5.41, 5.74) is -0.414. The van der Waals surface area contributed by atoms with E-state index in [-0.39, 0.29) is 12.4 Å². The predicted octanol–water partition coefficient (Wildman–Crippen LogP) is 1.40. The lowest BCUT2D eigenvalue weighted by Gasteiger charge is -2.20. The molecule has 142 valence electrons. The molecule has 1 aromatic heterocycles. The van der Waals surface area contributed by atoms with Gasteiger partial charge in [-0.3, -0.25) is 4.68 Å². The second kappa shape index (κ2) is 9.19. The van der Waals surface area contributed by atoms with E-state index in [0.717, 1.165) is 0 Å². The van der Waals surface area contributed by atoms with Crippen LogP contribution in [-0.2, 0) is 12.6 Å². The third kappa shape index (κ3) is 6.03. The van der Waals surface area contributed by atoms with E-state index in [1.165, 1.54) is 12.1 Å². The van der Waals surface area contributed by atoms with Crippen molar-refractivity contribution in [2.45, 2.75) is 19.4 Å². The van der Waals surface area contributed by atoms with Gasteiger partial charge < -0.3 is 20.5 Å². The first kappa shape index (κ1) is 19.7. The van der Waals surface area contributed by atoms with Crippen LogP contribution in [-0.4, -0.2) is 47.1 Å². The van der Waals surface area contributed by atoms with Gasteiger partial charge in [-0.15, -0.1) is 0 Å². The Morgan fingerprint density at radius 2 is 2.23 bits per heavy atom. The van der Waals surface area contributed by atoms with Crippen LogP contribution >= 0.6 is 0 Å². The SMILES string of the molecule is CCNC(=NCC(C)(O)c1cnn(C)c1)NCCOc1cccc(F)c1. The van der Waals surface area contributed by atoms with Crippen LogP contribution in [0.15, 0.2) is 41.7 Å². The molecule has 1 heterocycles. The fraction of sp³-hybridized carbons (Fsp3) is 0.444. The minimum atomic E-state index is -1.12. The fourth-order valence-electron chi connectivity index (χ4n) is 2.26. The van der Waals surface area contributed by atoms with Crippen molar-refractivity contribution in [3.63, 3.8) is 0 Å². The summed E-state index contributed by atoms with van der Waals surface area (Å²) in [7, 11) is 1.80. The highest BCUT2D eigenvalue weighted by Crippen LogP contribution is 2.19. The first-order valence-corrected chi connectivity index (χ1v) is 8.53. The lowest BCUT2D eigenvalue weighted by atomic mass is 10.0. The molecule has 2 rings (SSSR count). The normalized spacial score (nSPS) is 14.0. The van der Waals surface area contributed by atoms with Gasteiger partial charge in [-0.05, 0) is 26.0 Å². The maximum atomic E-state index is 13.1. The molecule has 0 saturated carbocycles. The van der Waals surface area contributed by atoms with Crippen molar-refractivity contribution in [2.24, 2.45) is 12.0 Å². The highest BCUT2D eigenvalue weighted by atomic mass is 19.1. The van der Waals surface area contributed by atoms with Crippen LogP contribution in [0.2, 0.25) is 0 Å². The number of aryl methyl sites for hydroxylation is 1. The average molecular weight is 363 g/mol. The van der Waals surface area contributed by atoms with E-state index in [0.29, 0.717) is 37.0 Å². The number of aromatic nitrogens is 2. The van der Waals surface area contributed by atoms with Gasteiger partial charge in [0, 0.05) is 31.4 Å². The van der Waals surface area contributed by atoms with Crippen LogP contribution in [0.4, 0.5) is 4.39 Å². The summed E-state index contributed by atoms with van der Waals surface area (Å²) >= 11 is 0. The Morgan fingerprint density at radius 1 is 1.42 bits per heavy atom. The zero-order chi connectivity index (χ0) is 19.0. The van der Waals surface area contributed by atoms with Crippen LogP contribution in [0.3, 0.4) is 0 Å². The van der Waals surface area contributed by atoms with Gasteiger partial charge in [0.15, 0.2) is 5.96 Å². The summed E-state index contributed by atoms with van der Waals surface area (Å²) in [4.78, 5) is 4.42. The monoisotopic (exact) mass is 363 g/mol. The second-order valence-corrected chi connectivity index (χ2v) is 6.10. The quantitative estimate of drug-likeness (QED) is 0.375. The molecule has 0 saturated heterocycles. The second-order valence-electron chi connectivity index (χ2n) is 6.10. The summed E-state index contributed by atoms with van der Waals surface area (Å²) in [6, 6.07) is 6.01. The van der Waals surface area contributed by atoms with E-state index in [1.54, 1.807) is 43.2 Å². The van der Waals surface area contributed by atoms with Crippen molar-refractivity contribution >= 4 is 5.96 Å². The largest absolute Gasteiger partial charge is 0.492 e. The minimum Gasteiger partial charge on any atom is -0.492 e. The fourth-order valence-corrected chi connectivity index (χ4v) is 2.26. The Labute approximate surface area is 152 Å². The van der Waals surface area contributed by atoms with Crippen LogP contribution in [0, 0.1) is 5.82 Å². The van der Waals surface area contributed by atoms with Gasteiger partial charge >= 0.3 is 0 Å². The van der Waals surface area contributed by atoms with E-state index < -0.39 is 5.60 Å². The lowest BCUT2D eigenvalue weighted by Crippen LogP contribution is -2.40. The molecule has 0 aliphatic heterocycles. The van der Waals surface area contributed by atoms with E-state index in [9.17, 15) is 9.50 Å². The zero-order valence-electron chi connectivity index (χ0n) is 15.4. The molecular formula is C18H26FN5O2. The van der Waals surface area contributed by atoms with E-state index >= 15 is 0 Å². The molecule has 0 fully saturated rings. The summed E-state index contributed by atoms with van der Waals surface area (Å²) in [5, 5.41) is 20.9. The Morgan fingerprint density at radius 3 is 2.88 bits per heavy atom. The standard InChI is InChI=1S/C18H26FN5O2/c1-4-20-17(21-8-9-26-16-7-5-6-15(19)10-16)22-13-18(2,25)14-11-23-24(3)12-14/h5-7,10-12,25H,4,8-9,13H2,1-3H3,(H2,20,21,22). The van der Waals surface area contributed by atoms with Crippen molar-refractivity contribution in [3.05, 3.63) is 48.0 Å². The molecular weight excluding hydrogens is 337 g/mol. The van der Waals surface area contributed by atoms with Gasteiger partial charge in [-0.1, -0.05) is 6.07 Å². The van der Waals surface area contributed by atoms with E-state index in [1.807, 2.05) is 6.92 Å². The number of halogens is 1. The number of guanidine groups is 1. The Kier molecular flexibility index (Phi) is 6.97. The lowest BCUT2D eigenvalue weighted by molar-refractivity contribution is 0.0672. The molecule has 7 nitrogen and oxygen atoms in total. The average Bonchev–Trinajstić information content (AvgIpc) is 3.04. The molecule has 1 atom stereocenters. The molecule has 0 amide bonds. The van der Waals surface area contributed by atoms with E-state index in [4.69, 9.17) is 4.74 Å². The maximum absolute atomic E-state index is 13.1. The molecule has 1 unspecified atom stereocenters. The Balaban J connectivity index is 1.86. The molecule has 0 radical (unpaired) electrons. The summed E-state index contributed by atoms with van der Waals surface area (Å²) in [6.45, 7) is 5.36.